The monoisotopic (exact) mass is 273 g/mol. The summed E-state index contributed by atoms with van der Waals surface area (Å²) in [7, 11) is 1.59. The van der Waals surface area contributed by atoms with Crippen molar-refractivity contribution in [3.05, 3.63) is 10.7 Å². The lowest BCUT2D eigenvalue weighted by Crippen LogP contribution is -2.06. The zero-order chi connectivity index (χ0) is 11.1. The highest BCUT2D eigenvalue weighted by molar-refractivity contribution is 9.10. The third-order valence-electron chi connectivity index (χ3n) is 1.97. The maximum Gasteiger partial charge on any atom is 0.232 e. The largest absolute Gasteiger partial charge is 0.480 e. The molecule has 0 aliphatic heterocycles. The molecular weight excluding hydrogens is 258 g/mol. The Morgan fingerprint density at radius 1 is 1.47 bits per heavy atom. The van der Waals surface area contributed by atoms with E-state index in [0.29, 0.717) is 11.8 Å². The molecule has 0 atom stereocenters. The molecule has 4 nitrogen and oxygen atoms in total. The molecule has 0 amide bonds. The zero-order valence-electron chi connectivity index (χ0n) is 9.09. The first-order valence-electron chi connectivity index (χ1n) is 5.08. The smallest absolute Gasteiger partial charge is 0.232 e. The summed E-state index contributed by atoms with van der Waals surface area (Å²) in [6.45, 7) is 3.08. The number of hydrogen-bond donors (Lipinski definition) is 1. The SMILES string of the molecule is CCCCCNc1ncc(Br)c(OC)n1. The van der Waals surface area contributed by atoms with Gasteiger partial charge in [-0.05, 0) is 22.4 Å². The summed E-state index contributed by atoms with van der Waals surface area (Å²) in [4.78, 5) is 8.33. The van der Waals surface area contributed by atoms with Crippen LogP contribution in [-0.2, 0) is 0 Å². The summed E-state index contributed by atoms with van der Waals surface area (Å²) in [6, 6.07) is 0. The van der Waals surface area contributed by atoms with Gasteiger partial charge in [-0.3, -0.25) is 0 Å². The van der Waals surface area contributed by atoms with Crippen LogP contribution in [0.15, 0.2) is 10.7 Å². The van der Waals surface area contributed by atoms with Crippen LogP contribution in [0.1, 0.15) is 26.2 Å². The zero-order valence-corrected chi connectivity index (χ0v) is 10.7. The van der Waals surface area contributed by atoms with Crippen LogP contribution >= 0.6 is 15.9 Å². The molecule has 15 heavy (non-hydrogen) atoms. The van der Waals surface area contributed by atoms with Gasteiger partial charge in [-0.2, -0.15) is 4.98 Å². The highest BCUT2D eigenvalue weighted by Gasteiger charge is 2.03. The molecule has 1 N–H and O–H groups in total. The Labute approximate surface area is 98.6 Å². The molecule has 0 saturated heterocycles. The van der Waals surface area contributed by atoms with Gasteiger partial charge in [-0.15, -0.1) is 0 Å². The van der Waals surface area contributed by atoms with Crippen LogP contribution in [0.25, 0.3) is 0 Å². The van der Waals surface area contributed by atoms with Gasteiger partial charge in [0.1, 0.15) is 0 Å². The van der Waals surface area contributed by atoms with Gasteiger partial charge in [0.15, 0.2) is 0 Å². The minimum absolute atomic E-state index is 0.558. The Hall–Kier alpha value is -0.840. The van der Waals surface area contributed by atoms with Crippen LogP contribution in [0.5, 0.6) is 5.88 Å². The molecule has 0 radical (unpaired) electrons. The fourth-order valence-corrected chi connectivity index (χ4v) is 1.51. The van der Waals surface area contributed by atoms with Gasteiger partial charge in [0.25, 0.3) is 0 Å². The Bertz CT molecular complexity index is 307. The molecule has 1 heterocycles. The normalized spacial score (nSPS) is 10.1. The first kappa shape index (κ1) is 12.2. The predicted molar refractivity (Wildman–Crippen MR) is 64.3 cm³/mol. The number of methoxy groups -OCH3 is 1. The molecule has 1 aromatic rings. The second-order valence-corrected chi connectivity index (χ2v) is 4.04. The molecular formula is C10H16BrN3O. The van der Waals surface area contributed by atoms with E-state index in [1.165, 1.54) is 12.8 Å². The van der Waals surface area contributed by atoms with E-state index in [9.17, 15) is 0 Å². The van der Waals surface area contributed by atoms with Gasteiger partial charge in [0, 0.05) is 6.54 Å². The van der Waals surface area contributed by atoms with Crippen LogP contribution in [0, 0.1) is 0 Å². The first-order chi connectivity index (χ1) is 7.27. The molecule has 0 unspecified atom stereocenters. The predicted octanol–water partition coefficient (Wildman–Crippen LogP) is 2.85. The second kappa shape index (κ2) is 6.61. The second-order valence-electron chi connectivity index (χ2n) is 3.18. The number of halogens is 1. The average molecular weight is 274 g/mol. The van der Waals surface area contributed by atoms with E-state index in [1.54, 1.807) is 13.3 Å². The topological polar surface area (TPSA) is 47.0 Å². The van der Waals surface area contributed by atoms with Crippen molar-refractivity contribution >= 4 is 21.9 Å². The molecule has 0 bridgehead atoms. The number of ether oxygens (including phenoxy) is 1. The lowest BCUT2D eigenvalue weighted by Gasteiger charge is -2.06. The fraction of sp³-hybridized carbons (Fsp3) is 0.600. The summed E-state index contributed by atoms with van der Waals surface area (Å²) in [5.74, 6) is 1.18. The van der Waals surface area contributed by atoms with E-state index in [2.05, 4.69) is 38.1 Å². The van der Waals surface area contributed by atoms with Crippen molar-refractivity contribution < 1.29 is 4.74 Å². The summed E-state index contributed by atoms with van der Waals surface area (Å²) in [5.41, 5.74) is 0. The van der Waals surface area contributed by atoms with Crippen molar-refractivity contribution in [1.29, 1.82) is 0 Å². The molecule has 0 aromatic carbocycles. The number of unbranched alkanes of at least 4 members (excludes halogenated alkanes) is 2. The molecule has 0 saturated carbocycles. The number of nitrogens with zero attached hydrogens (tertiary/aromatic N) is 2. The number of anilines is 1. The first-order valence-corrected chi connectivity index (χ1v) is 5.87. The lowest BCUT2D eigenvalue weighted by atomic mass is 10.2. The van der Waals surface area contributed by atoms with E-state index in [4.69, 9.17) is 4.74 Å². The summed E-state index contributed by atoms with van der Waals surface area (Å²) >= 11 is 3.31. The van der Waals surface area contributed by atoms with Crippen molar-refractivity contribution in [3.63, 3.8) is 0 Å². The van der Waals surface area contributed by atoms with Crippen molar-refractivity contribution in [1.82, 2.24) is 9.97 Å². The molecule has 0 aliphatic rings. The summed E-state index contributed by atoms with van der Waals surface area (Å²) in [5, 5.41) is 3.16. The molecule has 0 spiro atoms. The van der Waals surface area contributed by atoms with E-state index >= 15 is 0 Å². The fourth-order valence-electron chi connectivity index (χ4n) is 1.15. The average Bonchev–Trinajstić information content (AvgIpc) is 2.26. The highest BCUT2D eigenvalue weighted by Crippen LogP contribution is 2.21. The molecule has 1 rings (SSSR count). The standard InChI is InChI=1S/C10H16BrN3O/c1-3-4-5-6-12-10-13-7-8(11)9(14-10)15-2/h7H,3-6H2,1-2H3,(H,12,13,14). The van der Waals surface area contributed by atoms with Gasteiger partial charge in [0.05, 0.1) is 17.8 Å². The van der Waals surface area contributed by atoms with Crippen LogP contribution in [0.3, 0.4) is 0 Å². The highest BCUT2D eigenvalue weighted by atomic mass is 79.9. The van der Waals surface area contributed by atoms with E-state index in [-0.39, 0.29) is 0 Å². The molecule has 0 fully saturated rings. The molecule has 84 valence electrons. The summed E-state index contributed by atoms with van der Waals surface area (Å²) < 4.78 is 5.84. The van der Waals surface area contributed by atoms with Crippen molar-refractivity contribution in [2.24, 2.45) is 0 Å². The third-order valence-corrected chi connectivity index (χ3v) is 2.51. The van der Waals surface area contributed by atoms with Crippen LogP contribution in [-0.4, -0.2) is 23.6 Å². The van der Waals surface area contributed by atoms with Crippen LogP contribution < -0.4 is 10.1 Å². The minimum Gasteiger partial charge on any atom is -0.480 e. The Balaban J connectivity index is 2.47. The Kier molecular flexibility index (Phi) is 5.39. The van der Waals surface area contributed by atoms with E-state index in [0.717, 1.165) is 17.4 Å². The number of rotatable bonds is 6. The maximum absolute atomic E-state index is 5.08. The molecule has 1 aromatic heterocycles. The third kappa shape index (κ3) is 4.03. The Morgan fingerprint density at radius 2 is 2.27 bits per heavy atom. The van der Waals surface area contributed by atoms with Crippen LogP contribution in [0.2, 0.25) is 0 Å². The maximum atomic E-state index is 5.08. The van der Waals surface area contributed by atoms with Gasteiger partial charge >= 0.3 is 0 Å². The molecule has 0 aliphatic carbocycles. The van der Waals surface area contributed by atoms with Crippen molar-refractivity contribution in [2.45, 2.75) is 26.2 Å². The van der Waals surface area contributed by atoms with Gasteiger partial charge in [-0.1, -0.05) is 19.8 Å². The number of aromatic nitrogens is 2. The molecule has 5 heteroatoms. The van der Waals surface area contributed by atoms with Gasteiger partial charge < -0.3 is 10.1 Å². The number of nitrogens with one attached hydrogen (secondary N) is 1. The number of hydrogen-bond acceptors (Lipinski definition) is 4. The Morgan fingerprint density at radius 3 is 2.93 bits per heavy atom. The van der Waals surface area contributed by atoms with E-state index in [1.807, 2.05) is 0 Å². The van der Waals surface area contributed by atoms with Gasteiger partial charge in [0.2, 0.25) is 11.8 Å². The minimum atomic E-state index is 0.558. The summed E-state index contributed by atoms with van der Waals surface area (Å²) in [6.07, 6.45) is 5.26. The van der Waals surface area contributed by atoms with Crippen molar-refractivity contribution in [2.75, 3.05) is 19.0 Å². The van der Waals surface area contributed by atoms with Gasteiger partial charge in [-0.25, -0.2) is 4.98 Å². The lowest BCUT2D eigenvalue weighted by molar-refractivity contribution is 0.394. The van der Waals surface area contributed by atoms with Crippen LogP contribution in [0.4, 0.5) is 5.95 Å². The van der Waals surface area contributed by atoms with Crippen molar-refractivity contribution in [3.8, 4) is 5.88 Å². The quantitative estimate of drug-likeness (QED) is 0.810. The van der Waals surface area contributed by atoms with E-state index < -0.39 is 0 Å².